The highest BCUT2D eigenvalue weighted by atomic mass is 19.4. The van der Waals surface area contributed by atoms with Crippen LogP contribution in [0.25, 0.3) is 0 Å². The van der Waals surface area contributed by atoms with Gasteiger partial charge in [-0.15, -0.1) is 6.58 Å². The zero-order valence-corrected chi connectivity index (χ0v) is 5.11. The molecule has 0 unspecified atom stereocenters. The first kappa shape index (κ1) is 11.4. The summed E-state index contributed by atoms with van der Waals surface area (Å²) in [6.07, 6.45) is 1.71. The number of hydrogen-bond donors (Lipinski definition) is 0. The molecule has 0 aromatic rings. The predicted molar refractivity (Wildman–Crippen MR) is 31.2 cm³/mol. The Morgan fingerprint density at radius 3 is 1.89 bits per heavy atom. The molecule has 0 fully saturated rings. The van der Waals surface area contributed by atoms with Crippen molar-refractivity contribution in [2.75, 3.05) is 13.7 Å². The summed E-state index contributed by atoms with van der Waals surface area (Å²) in [7, 11) is -2.03. The lowest BCUT2D eigenvalue weighted by atomic mass is 10.5. The molecule has 0 aliphatic carbocycles. The maximum Gasteiger partial charge on any atom is 0.762 e. The van der Waals surface area contributed by atoms with Crippen molar-refractivity contribution >= 4 is 7.54 Å². The van der Waals surface area contributed by atoms with Crippen LogP contribution in [-0.2, 0) is 4.74 Å². The second kappa shape index (κ2) is 10.5. The van der Waals surface area contributed by atoms with Gasteiger partial charge in [-0.1, -0.05) is 6.08 Å². The molecule has 0 atom stereocenters. The average Bonchev–Trinajstić information content (AvgIpc) is 1.66. The number of halogens is 3. The van der Waals surface area contributed by atoms with Crippen LogP contribution in [-0.4, -0.2) is 21.3 Å². The van der Waals surface area contributed by atoms with E-state index in [9.17, 15) is 12.9 Å². The highest BCUT2D eigenvalue weighted by Gasteiger charge is 2.06. The van der Waals surface area contributed by atoms with E-state index in [2.05, 4.69) is 11.3 Å². The summed E-state index contributed by atoms with van der Waals surface area (Å²) in [4.78, 5) is 0. The quantitative estimate of drug-likeness (QED) is 0.418. The number of methoxy groups -OCH3 is 1. The molecule has 0 saturated carbocycles. The highest BCUT2D eigenvalue weighted by molar-refractivity contribution is 6.33. The zero-order chi connectivity index (χ0) is 7.70. The Balaban J connectivity index is 0. The maximum atomic E-state index is 9.67. The van der Waals surface area contributed by atoms with Crippen molar-refractivity contribution < 1.29 is 17.7 Å². The van der Waals surface area contributed by atoms with Crippen LogP contribution in [0.1, 0.15) is 0 Å². The first-order valence-corrected chi connectivity index (χ1v) is 2.17. The van der Waals surface area contributed by atoms with Crippen LogP contribution in [0.3, 0.4) is 0 Å². The van der Waals surface area contributed by atoms with Crippen molar-refractivity contribution in [2.24, 2.45) is 0 Å². The molecule has 1 nitrogen and oxygen atoms in total. The van der Waals surface area contributed by atoms with E-state index in [1.807, 2.05) is 0 Å². The number of rotatable bonds is 2. The van der Waals surface area contributed by atoms with Crippen LogP contribution in [0.4, 0.5) is 12.9 Å². The lowest BCUT2D eigenvalue weighted by Crippen LogP contribution is -1.76. The van der Waals surface area contributed by atoms with Crippen LogP contribution in [0.15, 0.2) is 12.7 Å². The number of hydrogen-bond acceptors (Lipinski definition) is 1. The second-order valence-electron chi connectivity index (χ2n) is 0.991. The molecule has 0 aliphatic heterocycles. The first-order chi connectivity index (χ1) is 4.15. The fourth-order valence-corrected chi connectivity index (χ4v) is 0.118. The SMILES string of the molecule is C=CCOC.FB(F)F. The first-order valence-electron chi connectivity index (χ1n) is 2.17. The second-order valence-corrected chi connectivity index (χ2v) is 0.991. The van der Waals surface area contributed by atoms with E-state index in [0.29, 0.717) is 6.61 Å². The van der Waals surface area contributed by atoms with Gasteiger partial charge in [-0.3, -0.25) is 12.9 Å². The third kappa shape index (κ3) is 96.4. The van der Waals surface area contributed by atoms with Gasteiger partial charge in [0, 0.05) is 7.11 Å². The molecule has 0 N–H and O–H groups in total. The molecule has 0 radical (unpaired) electrons. The molecular formula is C4H8BF3O. The molecule has 0 aromatic heterocycles. The smallest absolute Gasteiger partial charge is 0.381 e. The fraction of sp³-hybridized carbons (Fsp3) is 0.500. The minimum Gasteiger partial charge on any atom is -0.381 e. The number of ether oxygens (including phenoxy) is 1. The minimum atomic E-state index is -3.67. The van der Waals surface area contributed by atoms with E-state index in [1.54, 1.807) is 13.2 Å². The molecule has 0 heterocycles. The Kier molecular flexibility index (Phi) is 13.3. The standard InChI is InChI=1S/C4H8O.BF3/c1-3-4-5-2;2-1(3)4/h3H,1,4H2,2H3;. The molecular weight excluding hydrogens is 132 g/mol. The van der Waals surface area contributed by atoms with Gasteiger partial charge in [0.05, 0.1) is 6.61 Å². The van der Waals surface area contributed by atoms with Gasteiger partial charge >= 0.3 is 7.54 Å². The average molecular weight is 140 g/mol. The molecule has 0 bridgehead atoms. The van der Waals surface area contributed by atoms with E-state index in [4.69, 9.17) is 0 Å². The lowest BCUT2D eigenvalue weighted by Gasteiger charge is -1.79. The normalized spacial score (nSPS) is 7.11. The summed E-state index contributed by atoms with van der Waals surface area (Å²) >= 11 is 0. The van der Waals surface area contributed by atoms with Gasteiger partial charge in [-0.2, -0.15) is 0 Å². The van der Waals surface area contributed by atoms with Crippen molar-refractivity contribution in [1.82, 2.24) is 0 Å². The summed E-state index contributed by atoms with van der Waals surface area (Å²) in [5, 5.41) is 0. The van der Waals surface area contributed by atoms with E-state index >= 15 is 0 Å². The topological polar surface area (TPSA) is 9.23 Å². The van der Waals surface area contributed by atoms with Crippen LogP contribution in [0, 0.1) is 0 Å². The van der Waals surface area contributed by atoms with Gasteiger partial charge in [-0.25, -0.2) is 0 Å². The monoisotopic (exact) mass is 140 g/mol. The van der Waals surface area contributed by atoms with Crippen molar-refractivity contribution in [3.8, 4) is 0 Å². The summed E-state index contributed by atoms with van der Waals surface area (Å²) in [5.41, 5.74) is 0. The largest absolute Gasteiger partial charge is 0.762 e. The molecule has 0 saturated heterocycles. The van der Waals surface area contributed by atoms with Crippen molar-refractivity contribution in [3.63, 3.8) is 0 Å². The van der Waals surface area contributed by atoms with E-state index in [-0.39, 0.29) is 0 Å². The molecule has 9 heavy (non-hydrogen) atoms. The van der Waals surface area contributed by atoms with Gasteiger partial charge in [0.2, 0.25) is 0 Å². The molecule has 0 spiro atoms. The summed E-state index contributed by atoms with van der Waals surface area (Å²) in [6.45, 7) is 4.08. The maximum absolute atomic E-state index is 9.67. The molecule has 54 valence electrons. The van der Waals surface area contributed by atoms with Crippen LogP contribution in [0.5, 0.6) is 0 Å². The summed E-state index contributed by atoms with van der Waals surface area (Å²) in [6, 6.07) is 0. The van der Waals surface area contributed by atoms with Crippen molar-refractivity contribution in [3.05, 3.63) is 12.7 Å². The Morgan fingerprint density at radius 1 is 1.56 bits per heavy atom. The fourth-order valence-electron chi connectivity index (χ4n) is 0.118. The van der Waals surface area contributed by atoms with Gasteiger partial charge in [0.25, 0.3) is 0 Å². The van der Waals surface area contributed by atoms with E-state index < -0.39 is 7.54 Å². The third-order valence-electron chi connectivity index (χ3n) is 0.285. The summed E-state index contributed by atoms with van der Waals surface area (Å²) < 4.78 is 33.6. The zero-order valence-electron chi connectivity index (χ0n) is 5.11. The minimum absolute atomic E-state index is 0.653. The van der Waals surface area contributed by atoms with Crippen molar-refractivity contribution in [2.45, 2.75) is 0 Å². The Morgan fingerprint density at radius 2 is 1.89 bits per heavy atom. The van der Waals surface area contributed by atoms with Gasteiger partial charge in [0.15, 0.2) is 0 Å². The molecule has 0 rings (SSSR count). The Labute approximate surface area is 52.7 Å². The van der Waals surface area contributed by atoms with Gasteiger partial charge < -0.3 is 4.74 Å². The van der Waals surface area contributed by atoms with E-state index in [0.717, 1.165) is 0 Å². The van der Waals surface area contributed by atoms with Crippen LogP contribution >= 0.6 is 0 Å². The van der Waals surface area contributed by atoms with Crippen LogP contribution < -0.4 is 0 Å². The Hall–Kier alpha value is -0.445. The van der Waals surface area contributed by atoms with Gasteiger partial charge in [0.1, 0.15) is 0 Å². The highest BCUT2D eigenvalue weighted by Crippen LogP contribution is 1.80. The molecule has 5 heteroatoms. The van der Waals surface area contributed by atoms with E-state index in [1.165, 1.54) is 0 Å². The van der Waals surface area contributed by atoms with Gasteiger partial charge in [-0.05, 0) is 0 Å². The lowest BCUT2D eigenvalue weighted by molar-refractivity contribution is 0.234. The molecule has 0 amide bonds. The third-order valence-corrected chi connectivity index (χ3v) is 0.285. The Bertz CT molecular complexity index is 57.0. The van der Waals surface area contributed by atoms with Crippen molar-refractivity contribution in [1.29, 1.82) is 0 Å². The molecule has 0 aromatic carbocycles. The van der Waals surface area contributed by atoms with Crippen LogP contribution in [0.2, 0.25) is 0 Å². The molecule has 0 aliphatic rings. The predicted octanol–water partition coefficient (Wildman–Crippen LogP) is 1.70. The summed E-state index contributed by atoms with van der Waals surface area (Å²) in [5.74, 6) is 0.